The van der Waals surface area contributed by atoms with Gasteiger partial charge in [0.05, 0.1) is 5.69 Å². The zero-order chi connectivity index (χ0) is 16.2. The Balaban J connectivity index is 1.62. The molecule has 0 aliphatic carbocycles. The molecule has 3 rings (SSSR count). The third kappa shape index (κ3) is 3.79. The van der Waals surface area contributed by atoms with E-state index in [9.17, 15) is 4.79 Å². The summed E-state index contributed by atoms with van der Waals surface area (Å²) in [5.41, 5.74) is 4.97. The predicted molar refractivity (Wildman–Crippen MR) is 90.4 cm³/mol. The Morgan fingerprint density at radius 2 is 2.26 bits per heavy atom. The first kappa shape index (κ1) is 15.7. The molecule has 0 spiro atoms. The number of benzene rings is 1. The first-order valence-electron chi connectivity index (χ1n) is 8.22. The van der Waals surface area contributed by atoms with Crippen LogP contribution >= 0.6 is 0 Å². The molecule has 0 saturated carbocycles. The van der Waals surface area contributed by atoms with E-state index in [0.717, 1.165) is 42.0 Å². The van der Waals surface area contributed by atoms with Crippen molar-refractivity contribution in [2.45, 2.75) is 33.2 Å². The van der Waals surface area contributed by atoms with Crippen LogP contribution in [0.1, 0.15) is 39.3 Å². The number of H-pyrrole nitrogens is 1. The smallest absolute Gasteiger partial charge is 0.251 e. The molecular formula is C18H24N4O. The number of hydrogen-bond donors (Lipinski definition) is 3. The molecule has 2 aromatic rings. The monoisotopic (exact) mass is 312 g/mol. The van der Waals surface area contributed by atoms with E-state index >= 15 is 0 Å². The average molecular weight is 312 g/mol. The van der Waals surface area contributed by atoms with Gasteiger partial charge in [-0.15, -0.1) is 0 Å². The highest BCUT2D eigenvalue weighted by molar-refractivity contribution is 5.94. The van der Waals surface area contributed by atoms with Crippen LogP contribution in [0.15, 0.2) is 24.3 Å². The lowest BCUT2D eigenvalue weighted by Crippen LogP contribution is -2.23. The Hall–Kier alpha value is -2.14. The highest BCUT2D eigenvalue weighted by atomic mass is 16.1. The summed E-state index contributed by atoms with van der Waals surface area (Å²) in [6.45, 7) is 6.60. The number of aromatic amines is 1. The second-order valence-electron chi connectivity index (χ2n) is 6.36. The Bertz CT molecular complexity index is 667. The van der Waals surface area contributed by atoms with Gasteiger partial charge in [0.15, 0.2) is 0 Å². The van der Waals surface area contributed by atoms with E-state index in [1.165, 1.54) is 12.0 Å². The molecule has 1 atom stereocenters. The number of nitrogens with one attached hydrogen (secondary N) is 3. The maximum atomic E-state index is 12.4. The molecule has 1 aliphatic rings. The van der Waals surface area contributed by atoms with Crippen molar-refractivity contribution in [2.75, 3.05) is 13.1 Å². The van der Waals surface area contributed by atoms with Crippen molar-refractivity contribution in [1.29, 1.82) is 0 Å². The molecule has 1 aromatic heterocycles. The molecule has 2 heterocycles. The fourth-order valence-corrected chi connectivity index (χ4v) is 3.17. The van der Waals surface area contributed by atoms with Crippen LogP contribution in [0.2, 0.25) is 0 Å². The molecule has 3 N–H and O–H groups in total. The predicted octanol–water partition coefficient (Wildman–Crippen LogP) is 2.11. The van der Waals surface area contributed by atoms with Crippen LogP contribution in [0.5, 0.6) is 0 Å². The minimum Gasteiger partial charge on any atom is -0.348 e. The van der Waals surface area contributed by atoms with E-state index in [1.54, 1.807) is 0 Å². The van der Waals surface area contributed by atoms with Crippen molar-refractivity contribution in [3.05, 3.63) is 52.3 Å². The second kappa shape index (κ2) is 6.96. The van der Waals surface area contributed by atoms with Crippen LogP contribution in [0, 0.1) is 19.8 Å². The third-order valence-electron chi connectivity index (χ3n) is 4.58. The lowest BCUT2D eigenvalue weighted by Gasteiger charge is -2.10. The van der Waals surface area contributed by atoms with Gasteiger partial charge in [0.1, 0.15) is 0 Å². The van der Waals surface area contributed by atoms with Crippen LogP contribution < -0.4 is 10.6 Å². The number of rotatable bonds is 5. The third-order valence-corrected chi connectivity index (χ3v) is 4.58. The normalized spacial score (nSPS) is 17.4. The minimum absolute atomic E-state index is 0.0311. The zero-order valence-electron chi connectivity index (χ0n) is 13.8. The summed E-state index contributed by atoms with van der Waals surface area (Å²) >= 11 is 0. The van der Waals surface area contributed by atoms with Gasteiger partial charge in [0, 0.05) is 23.4 Å². The molecule has 0 bridgehead atoms. The van der Waals surface area contributed by atoms with Gasteiger partial charge in [0.2, 0.25) is 0 Å². The summed E-state index contributed by atoms with van der Waals surface area (Å²) in [5.74, 6) is 0.654. The van der Waals surface area contributed by atoms with E-state index in [2.05, 4.69) is 26.9 Å². The molecule has 1 aliphatic heterocycles. The van der Waals surface area contributed by atoms with E-state index in [-0.39, 0.29) is 5.91 Å². The van der Waals surface area contributed by atoms with Crippen molar-refractivity contribution in [1.82, 2.24) is 20.8 Å². The standard InChI is InChI=1S/C18H24N4O/c1-12-17(13(2)22-21-12)11-20-18(23)16-5-3-4-14(9-16)8-15-6-7-19-10-15/h3-5,9,15,19H,6-8,10-11H2,1-2H3,(H,20,23)(H,21,22). The molecule has 1 saturated heterocycles. The molecule has 5 nitrogen and oxygen atoms in total. The average Bonchev–Trinajstić information content (AvgIpc) is 3.16. The Morgan fingerprint density at radius 3 is 2.96 bits per heavy atom. The van der Waals surface area contributed by atoms with Gasteiger partial charge in [-0.1, -0.05) is 12.1 Å². The molecule has 1 fully saturated rings. The summed E-state index contributed by atoms with van der Waals surface area (Å²) < 4.78 is 0. The van der Waals surface area contributed by atoms with Gasteiger partial charge >= 0.3 is 0 Å². The van der Waals surface area contributed by atoms with Gasteiger partial charge in [0.25, 0.3) is 5.91 Å². The number of hydrogen-bond acceptors (Lipinski definition) is 3. The van der Waals surface area contributed by atoms with Crippen molar-refractivity contribution >= 4 is 5.91 Å². The van der Waals surface area contributed by atoms with Crippen LogP contribution in [0.3, 0.4) is 0 Å². The van der Waals surface area contributed by atoms with Crippen molar-refractivity contribution in [3.8, 4) is 0 Å². The van der Waals surface area contributed by atoms with Crippen LogP contribution in [0.25, 0.3) is 0 Å². The summed E-state index contributed by atoms with van der Waals surface area (Å²) in [5, 5.41) is 13.5. The summed E-state index contributed by atoms with van der Waals surface area (Å²) in [6, 6.07) is 7.98. The van der Waals surface area contributed by atoms with E-state index < -0.39 is 0 Å². The summed E-state index contributed by atoms with van der Waals surface area (Å²) in [6.07, 6.45) is 2.25. The number of aromatic nitrogens is 2. The fourth-order valence-electron chi connectivity index (χ4n) is 3.17. The fraction of sp³-hybridized carbons (Fsp3) is 0.444. The Morgan fingerprint density at radius 1 is 1.39 bits per heavy atom. The first-order valence-corrected chi connectivity index (χ1v) is 8.22. The first-order chi connectivity index (χ1) is 11.1. The SMILES string of the molecule is Cc1n[nH]c(C)c1CNC(=O)c1cccc(CC2CCNC2)c1. The summed E-state index contributed by atoms with van der Waals surface area (Å²) in [7, 11) is 0. The summed E-state index contributed by atoms with van der Waals surface area (Å²) in [4.78, 5) is 12.4. The van der Waals surface area contributed by atoms with Gasteiger partial charge in [-0.25, -0.2) is 0 Å². The Kier molecular flexibility index (Phi) is 4.76. The molecule has 1 amide bonds. The second-order valence-corrected chi connectivity index (χ2v) is 6.36. The minimum atomic E-state index is -0.0311. The highest BCUT2D eigenvalue weighted by Gasteiger charge is 2.16. The van der Waals surface area contributed by atoms with Gasteiger partial charge in [-0.2, -0.15) is 5.10 Å². The highest BCUT2D eigenvalue weighted by Crippen LogP contribution is 2.16. The van der Waals surface area contributed by atoms with Gasteiger partial charge in [-0.3, -0.25) is 9.89 Å². The van der Waals surface area contributed by atoms with Crippen molar-refractivity contribution in [3.63, 3.8) is 0 Å². The van der Waals surface area contributed by atoms with Gasteiger partial charge in [-0.05, 0) is 63.4 Å². The van der Waals surface area contributed by atoms with Crippen LogP contribution in [-0.2, 0) is 13.0 Å². The quantitative estimate of drug-likeness (QED) is 0.792. The van der Waals surface area contributed by atoms with E-state index in [4.69, 9.17) is 0 Å². The molecule has 0 radical (unpaired) electrons. The van der Waals surface area contributed by atoms with Crippen molar-refractivity contribution < 1.29 is 4.79 Å². The van der Waals surface area contributed by atoms with E-state index in [0.29, 0.717) is 12.5 Å². The molecule has 1 unspecified atom stereocenters. The molecule has 1 aromatic carbocycles. The van der Waals surface area contributed by atoms with Crippen LogP contribution in [0.4, 0.5) is 0 Å². The number of nitrogens with zero attached hydrogens (tertiary/aromatic N) is 1. The maximum Gasteiger partial charge on any atom is 0.251 e. The Labute approximate surface area is 136 Å². The number of carbonyl (C=O) groups is 1. The number of aryl methyl sites for hydroxylation is 2. The molecular weight excluding hydrogens is 288 g/mol. The number of carbonyl (C=O) groups excluding carboxylic acids is 1. The maximum absolute atomic E-state index is 12.4. The van der Waals surface area contributed by atoms with Crippen LogP contribution in [-0.4, -0.2) is 29.2 Å². The molecule has 23 heavy (non-hydrogen) atoms. The topological polar surface area (TPSA) is 69.8 Å². The van der Waals surface area contributed by atoms with Gasteiger partial charge < -0.3 is 10.6 Å². The van der Waals surface area contributed by atoms with E-state index in [1.807, 2.05) is 32.0 Å². The lowest BCUT2D eigenvalue weighted by molar-refractivity contribution is 0.0950. The van der Waals surface area contributed by atoms with Crippen molar-refractivity contribution in [2.24, 2.45) is 5.92 Å². The largest absolute Gasteiger partial charge is 0.348 e. The zero-order valence-corrected chi connectivity index (χ0v) is 13.8. The molecule has 122 valence electrons. The number of amides is 1. The molecule has 5 heteroatoms. The lowest BCUT2D eigenvalue weighted by atomic mass is 9.97.